The van der Waals surface area contributed by atoms with E-state index >= 15 is 0 Å². The van der Waals surface area contributed by atoms with Crippen LogP contribution >= 0.6 is 28.1 Å². The summed E-state index contributed by atoms with van der Waals surface area (Å²) in [6.07, 6.45) is 2.29. The summed E-state index contributed by atoms with van der Waals surface area (Å²) >= 11 is 9.01. The number of nitrogens with one attached hydrogen (secondary N) is 1. The Morgan fingerprint density at radius 2 is 2.03 bits per heavy atom. The van der Waals surface area contributed by atoms with Crippen molar-refractivity contribution in [3.8, 4) is 0 Å². The van der Waals surface area contributed by atoms with Crippen molar-refractivity contribution in [3.05, 3.63) is 33.8 Å². The Bertz CT molecular complexity index is 815. The Labute approximate surface area is 184 Å². The van der Waals surface area contributed by atoms with Crippen molar-refractivity contribution in [2.24, 2.45) is 11.8 Å². The molecule has 2 fully saturated rings. The second-order valence-electron chi connectivity index (χ2n) is 8.51. The van der Waals surface area contributed by atoms with E-state index in [0.29, 0.717) is 24.1 Å². The molecule has 8 heteroatoms. The van der Waals surface area contributed by atoms with Gasteiger partial charge in [-0.1, -0.05) is 22.0 Å². The highest BCUT2D eigenvalue weighted by Gasteiger charge is 2.56. The molecule has 158 valence electrons. The average Bonchev–Trinajstić information content (AvgIpc) is 2.90. The van der Waals surface area contributed by atoms with E-state index in [-0.39, 0.29) is 18.4 Å². The molecule has 1 spiro atoms. The van der Waals surface area contributed by atoms with Gasteiger partial charge in [-0.3, -0.25) is 14.6 Å². The number of piperidine rings is 1. The quantitative estimate of drug-likeness (QED) is 0.655. The van der Waals surface area contributed by atoms with Gasteiger partial charge in [0.05, 0.1) is 6.54 Å². The summed E-state index contributed by atoms with van der Waals surface area (Å²) in [6.45, 7) is 1.27. The molecule has 1 N–H and O–H groups in total. The SMILES string of the molecule is CN1C(=O)C2(NC1=S)c1cc(Br)ccc1CCC2CC1CCN(CC(F)F)CC1. The molecule has 4 rings (SSSR count). The molecule has 4 nitrogen and oxygen atoms in total. The van der Waals surface area contributed by atoms with Gasteiger partial charge in [0.1, 0.15) is 5.54 Å². The zero-order valence-corrected chi connectivity index (χ0v) is 18.9. The molecule has 0 saturated carbocycles. The molecule has 0 radical (unpaired) electrons. The average molecular weight is 486 g/mol. The summed E-state index contributed by atoms with van der Waals surface area (Å²) in [5.74, 6) is 0.585. The number of carbonyl (C=O) groups excluding carboxylic acids is 1. The van der Waals surface area contributed by atoms with E-state index in [1.807, 2.05) is 11.0 Å². The Balaban J connectivity index is 1.59. The number of benzene rings is 1. The molecular weight excluding hydrogens is 460 g/mol. The number of nitrogens with zero attached hydrogens (tertiary/aromatic N) is 2. The lowest BCUT2D eigenvalue weighted by atomic mass is 9.65. The Hall–Kier alpha value is -1.12. The van der Waals surface area contributed by atoms with E-state index in [1.165, 1.54) is 5.56 Å². The minimum Gasteiger partial charge on any atom is -0.344 e. The first-order valence-corrected chi connectivity index (χ1v) is 11.4. The van der Waals surface area contributed by atoms with Crippen molar-refractivity contribution in [2.75, 3.05) is 26.7 Å². The van der Waals surface area contributed by atoms with Gasteiger partial charge in [0.15, 0.2) is 5.11 Å². The van der Waals surface area contributed by atoms with Gasteiger partial charge in [0.25, 0.3) is 12.3 Å². The fourth-order valence-electron chi connectivity index (χ4n) is 5.32. The number of amides is 1. The maximum Gasteiger partial charge on any atom is 0.259 e. The van der Waals surface area contributed by atoms with Crippen LogP contribution < -0.4 is 5.32 Å². The van der Waals surface area contributed by atoms with Crippen molar-refractivity contribution in [1.82, 2.24) is 15.1 Å². The predicted octanol–water partition coefficient (Wildman–Crippen LogP) is 3.92. The number of rotatable bonds is 4. The number of fused-ring (bicyclic) bond motifs is 2. The van der Waals surface area contributed by atoms with Gasteiger partial charge < -0.3 is 5.32 Å². The summed E-state index contributed by atoms with van der Waals surface area (Å²) in [5.41, 5.74) is 1.40. The van der Waals surface area contributed by atoms with Crippen LogP contribution in [0, 0.1) is 11.8 Å². The molecule has 1 amide bonds. The minimum absolute atomic E-state index is 0.0155. The number of hydrogen-bond acceptors (Lipinski definition) is 3. The molecule has 3 aliphatic rings. The first kappa shape index (κ1) is 21.1. The van der Waals surface area contributed by atoms with Gasteiger partial charge in [-0.15, -0.1) is 0 Å². The van der Waals surface area contributed by atoms with Crippen LogP contribution in [-0.2, 0) is 16.8 Å². The van der Waals surface area contributed by atoms with E-state index < -0.39 is 12.0 Å². The van der Waals surface area contributed by atoms with E-state index in [1.54, 1.807) is 11.9 Å². The third kappa shape index (κ3) is 3.83. The molecule has 2 aliphatic heterocycles. The standard InChI is InChI=1S/C21H26BrF2N3OS/c1-26-19(28)21(25-20(26)29)15(4-2-14-3-5-16(22)11-17(14)21)10-13-6-8-27(9-7-13)12-18(23)24/h3,5,11,13,15,18H,2,4,6-10,12H2,1H3,(H,25,29). The van der Waals surface area contributed by atoms with Gasteiger partial charge in [-0.2, -0.15) is 0 Å². The predicted molar refractivity (Wildman–Crippen MR) is 116 cm³/mol. The molecule has 1 aliphatic carbocycles. The van der Waals surface area contributed by atoms with Gasteiger partial charge in [0.2, 0.25) is 0 Å². The van der Waals surface area contributed by atoms with E-state index in [4.69, 9.17) is 12.2 Å². The van der Waals surface area contributed by atoms with Crippen LogP contribution in [0.25, 0.3) is 0 Å². The van der Waals surface area contributed by atoms with Crippen molar-refractivity contribution < 1.29 is 13.6 Å². The summed E-state index contributed by atoms with van der Waals surface area (Å²) < 4.78 is 26.3. The Morgan fingerprint density at radius 3 is 2.66 bits per heavy atom. The highest BCUT2D eigenvalue weighted by molar-refractivity contribution is 9.10. The second-order valence-corrected chi connectivity index (χ2v) is 9.81. The summed E-state index contributed by atoms with van der Waals surface area (Å²) in [7, 11) is 1.73. The van der Waals surface area contributed by atoms with Gasteiger partial charge in [-0.05, 0) is 92.5 Å². The van der Waals surface area contributed by atoms with Crippen LogP contribution in [0.3, 0.4) is 0 Å². The number of thiocarbonyl (C=S) groups is 1. The zero-order valence-electron chi connectivity index (χ0n) is 16.5. The lowest BCUT2D eigenvalue weighted by Gasteiger charge is -2.43. The third-order valence-corrected chi connectivity index (χ3v) is 7.71. The summed E-state index contributed by atoms with van der Waals surface area (Å²) in [5, 5.41) is 3.88. The maximum atomic E-state index is 13.5. The highest BCUT2D eigenvalue weighted by Crippen LogP contribution is 2.47. The number of alkyl halides is 2. The minimum atomic E-state index is -2.28. The fraction of sp³-hybridized carbons (Fsp3) is 0.619. The van der Waals surface area contributed by atoms with Crippen LogP contribution in [0.2, 0.25) is 0 Å². The summed E-state index contributed by atoms with van der Waals surface area (Å²) in [6, 6.07) is 6.17. The Morgan fingerprint density at radius 1 is 1.31 bits per heavy atom. The van der Waals surface area contributed by atoms with Crippen molar-refractivity contribution in [3.63, 3.8) is 0 Å². The van der Waals surface area contributed by atoms with Crippen molar-refractivity contribution in [2.45, 2.75) is 44.1 Å². The number of halogens is 3. The monoisotopic (exact) mass is 485 g/mol. The summed E-state index contributed by atoms with van der Waals surface area (Å²) in [4.78, 5) is 16.9. The highest BCUT2D eigenvalue weighted by atomic mass is 79.9. The smallest absolute Gasteiger partial charge is 0.259 e. The molecule has 2 atom stereocenters. The Kier molecular flexibility index (Phi) is 5.97. The van der Waals surface area contributed by atoms with Gasteiger partial charge in [0, 0.05) is 11.5 Å². The lowest BCUT2D eigenvalue weighted by Crippen LogP contribution is -2.53. The lowest BCUT2D eigenvalue weighted by molar-refractivity contribution is -0.133. The van der Waals surface area contributed by atoms with Crippen LogP contribution in [0.15, 0.2) is 22.7 Å². The number of likely N-dealkylation sites (N-methyl/N-ethyl adjacent to an activating group) is 1. The van der Waals surface area contributed by atoms with Crippen LogP contribution in [0.4, 0.5) is 8.78 Å². The van der Waals surface area contributed by atoms with E-state index in [2.05, 4.69) is 33.4 Å². The zero-order chi connectivity index (χ0) is 20.8. The van der Waals surface area contributed by atoms with Gasteiger partial charge in [-0.25, -0.2) is 8.78 Å². The normalized spacial score (nSPS) is 28.3. The largest absolute Gasteiger partial charge is 0.344 e. The molecule has 1 aromatic carbocycles. The molecule has 0 aromatic heterocycles. The van der Waals surface area contributed by atoms with Crippen LogP contribution in [0.1, 0.15) is 36.8 Å². The van der Waals surface area contributed by atoms with Crippen LogP contribution in [-0.4, -0.2) is 53.9 Å². The molecule has 2 heterocycles. The molecule has 29 heavy (non-hydrogen) atoms. The molecule has 1 aromatic rings. The number of hydrogen-bond donors (Lipinski definition) is 1. The van der Waals surface area contributed by atoms with E-state index in [9.17, 15) is 13.6 Å². The molecule has 0 bridgehead atoms. The van der Waals surface area contributed by atoms with E-state index in [0.717, 1.165) is 42.1 Å². The van der Waals surface area contributed by atoms with Crippen molar-refractivity contribution in [1.29, 1.82) is 0 Å². The number of likely N-dealkylation sites (tertiary alicyclic amines) is 1. The van der Waals surface area contributed by atoms with Gasteiger partial charge >= 0.3 is 0 Å². The first-order chi connectivity index (χ1) is 13.8. The number of carbonyl (C=O) groups is 1. The molecular formula is C21H26BrF2N3OS. The van der Waals surface area contributed by atoms with Crippen molar-refractivity contribution >= 4 is 39.2 Å². The fourth-order valence-corrected chi connectivity index (χ4v) is 5.92. The first-order valence-electron chi connectivity index (χ1n) is 10.2. The maximum absolute atomic E-state index is 13.5. The second kappa shape index (κ2) is 8.19. The number of aryl methyl sites for hydroxylation is 1. The molecule has 2 unspecified atom stereocenters. The molecule has 2 saturated heterocycles. The third-order valence-electron chi connectivity index (χ3n) is 6.84. The van der Waals surface area contributed by atoms with Crippen LogP contribution in [0.5, 0.6) is 0 Å². The topological polar surface area (TPSA) is 35.6 Å².